The Kier molecular flexibility index (Phi) is 14.9. The van der Waals surface area contributed by atoms with E-state index in [9.17, 15) is 35.9 Å². The summed E-state index contributed by atoms with van der Waals surface area (Å²) in [5, 5.41) is 15.3. The number of ketones is 1. The maximum absolute atomic E-state index is 13.4. The van der Waals surface area contributed by atoms with Crippen LogP contribution >= 0.6 is 0 Å². The van der Waals surface area contributed by atoms with Gasteiger partial charge in [-0.05, 0) is 78.1 Å². The van der Waals surface area contributed by atoms with Crippen molar-refractivity contribution in [3.8, 4) is 17.2 Å². The molecule has 5 rings (SSSR count). The minimum absolute atomic E-state index is 0.00941. The van der Waals surface area contributed by atoms with E-state index in [2.05, 4.69) is 34.4 Å². The van der Waals surface area contributed by atoms with E-state index in [-0.39, 0.29) is 23.6 Å². The average molecular weight is 803 g/mol. The molecule has 0 unspecified atom stereocenters. The highest BCUT2D eigenvalue weighted by atomic mass is 19.4. The summed E-state index contributed by atoms with van der Waals surface area (Å²) in [4.78, 5) is 50.5. The molecule has 0 spiro atoms. The Morgan fingerprint density at radius 1 is 0.875 bits per heavy atom. The largest absolute Gasteiger partial charge is 0.497 e. The van der Waals surface area contributed by atoms with E-state index in [1.54, 1.807) is 30.2 Å². The fourth-order valence-corrected chi connectivity index (χ4v) is 5.93. The Morgan fingerprint density at radius 2 is 1.41 bits per heavy atom. The number of hydrogen-bond donors (Lipinski definition) is 2. The van der Waals surface area contributed by atoms with Gasteiger partial charge in [-0.3, -0.25) is 9.69 Å². The van der Waals surface area contributed by atoms with Crippen molar-refractivity contribution in [3.63, 3.8) is 0 Å². The molecule has 0 aliphatic carbocycles. The molecule has 3 heterocycles. The molecule has 13 nitrogen and oxygen atoms in total. The van der Waals surface area contributed by atoms with Crippen LogP contribution in [0.4, 0.5) is 31.1 Å². The minimum Gasteiger partial charge on any atom is -0.497 e. The number of aromatic nitrogens is 1. The molecular weight excluding hydrogens is 758 g/mol. The van der Waals surface area contributed by atoms with Crippen molar-refractivity contribution in [2.75, 3.05) is 46.9 Å². The average Bonchev–Trinajstić information content (AvgIpc) is 3.54. The first-order valence-corrected chi connectivity index (χ1v) is 17.2. The van der Waals surface area contributed by atoms with Crippen LogP contribution in [-0.4, -0.2) is 125 Å². The summed E-state index contributed by atoms with van der Waals surface area (Å²) in [5.74, 6) is -4.01. The molecule has 2 aliphatic heterocycles. The predicted octanol–water partition coefficient (Wildman–Crippen LogP) is 6.71. The highest BCUT2D eigenvalue weighted by Crippen LogP contribution is 2.37. The van der Waals surface area contributed by atoms with E-state index < -0.39 is 30.4 Å². The number of ether oxygens (including phenoxy) is 3. The maximum Gasteiger partial charge on any atom is 0.490 e. The second-order valence-corrected chi connectivity index (χ2v) is 13.3. The van der Waals surface area contributed by atoms with E-state index in [4.69, 9.17) is 34.0 Å². The molecule has 56 heavy (non-hydrogen) atoms. The Morgan fingerprint density at radius 3 is 1.91 bits per heavy atom. The third-order valence-corrected chi connectivity index (χ3v) is 8.75. The number of halogens is 6. The normalized spacial score (nSPS) is 15.5. The molecular formula is C37H44F6N4O9. The lowest BCUT2D eigenvalue weighted by Gasteiger charge is -2.32. The van der Waals surface area contributed by atoms with Crippen molar-refractivity contribution < 1.29 is 69.9 Å². The second kappa shape index (κ2) is 18.6. The van der Waals surface area contributed by atoms with Gasteiger partial charge in [0.1, 0.15) is 17.2 Å². The van der Waals surface area contributed by atoms with Gasteiger partial charge in [0.05, 0.1) is 12.7 Å². The first kappa shape index (κ1) is 45.1. The van der Waals surface area contributed by atoms with Crippen molar-refractivity contribution >= 4 is 40.8 Å². The standard InChI is InChI=1S/C33H42N4O5.2C2HF3O2/c1-21(2)37(22(3)4)33(39)41-25-8-10-26-30(19-25)42-31(32(26)38)20-27-23(5)36(17-16-35-14-12-34(6)13-15-35)29-11-9-24(40-7)18-28(27)29;2*3-2(4,5)1(6)7/h8-11,18-22H,12-17H2,1-7H3;2*(H,6,7)/b31-20-;;. The zero-order valence-electron chi connectivity index (χ0n) is 31.7. The van der Waals surface area contributed by atoms with Gasteiger partial charge in [0.25, 0.3) is 0 Å². The highest BCUT2D eigenvalue weighted by Gasteiger charge is 2.39. The quantitative estimate of drug-likeness (QED) is 0.185. The minimum atomic E-state index is -5.08. The molecule has 0 radical (unpaired) electrons. The Labute approximate surface area is 318 Å². The van der Waals surface area contributed by atoms with Gasteiger partial charge in [-0.1, -0.05) is 0 Å². The number of Topliss-reactive ketones (excluding diaryl/α,β-unsaturated/α-hetero) is 1. The molecule has 0 atom stereocenters. The van der Waals surface area contributed by atoms with Gasteiger partial charge in [0, 0.05) is 79.6 Å². The van der Waals surface area contributed by atoms with Crippen LogP contribution in [0.2, 0.25) is 0 Å². The van der Waals surface area contributed by atoms with Crippen LogP contribution in [0.3, 0.4) is 0 Å². The van der Waals surface area contributed by atoms with E-state index in [1.165, 1.54) is 0 Å². The Balaban J connectivity index is 0.000000512. The van der Waals surface area contributed by atoms with Crippen LogP contribution < -0.4 is 14.2 Å². The molecule has 1 fully saturated rings. The number of hydrogen-bond acceptors (Lipinski definition) is 9. The molecule has 2 aliphatic rings. The SMILES string of the molecule is COc1ccc2c(c1)c(/C=C1\Oc3cc(OC(=O)N(C(C)C)C(C)C)ccc3C1=O)c(C)n2CCN1CCN(C)CC1.O=C(O)C(F)(F)F.O=C(O)C(F)(F)F. The van der Waals surface area contributed by atoms with Gasteiger partial charge in [0.15, 0.2) is 5.76 Å². The first-order valence-electron chi connectivity index (χ1n) is 17.2. The third-order valence-electron chi connectivity index (χ3n) is 8.75. The molecule has 3 aromatic rings. The van der Waals surface area contributed by atoms with Crippen LogP contribution in [0.25, 0.3) is 17.0 Å². The van der Waals surface area contributed by atoms with E-state index in [0.717, 1.165) is 67.2 Å². The maximum atomic E-state index is 13.4. The number of carbonyl (C=O) groups excluding carboxylic acids is 2. The van der Waals surface area contributed by atoms with E-state index >= 15 is 0 Å². The van der Waals surface area contributed by atoms with Crippen LogP contribution in [0, 0.1) is 6.92 Å². The number of methoxy groups -OCH3 is 1. The second-order valence-electron chi connectivity index (χ2n) is 13.3. The number of alkyl halides is 6. The van der Waals surface area contributed by atoms with Crippen LogP contribution in [0.5, 0.6) is 17.2 Å². The van der Waals surface area contributed by atoms with Gasteiger partial charge in [-0.15, -0.1) is 0 Å². The predicted molar refractivity (Wildman–Crippen MR) is 192 cm³/mol. The molecule has 2 aromatic carbocycles. The zero-order valence-corrected chi connectivity index (χ0v) is 31.7. The van der Waals surface area contributed by atoms with Gasteiger partial charge in [-0.25, -0.2) is 14.4 Å². The van der Waals surface area contributed by atoms with Crippen molar-refractivity contribution in [2.45, 2.75) is 65.6 Å². The lowest BCUT2D eigenvalue weighted by Crippen LogP contribution is -2.45. The lowest BCUT2D eigenvalue weighted by atomic mass is 10.1. The van der Waals surface area contributed by atoms with Gasteiger partial charge in [-0.2, -0.15) is 26.3 Å². The van der Waals surface area contributed by atoms with Crippen molar-refractivity contribution in [2.24, 2.45) is 0 Å². The summed E-state index contributed by atoms with van der Waals surface area (Å²) in [6.07, 6.45) is -8.77. The van der Waals surface area contributed by atoms with E-state index in [0.29, 0.717) is 17.1 Å². The molecule has 0 bridgehead atoms. The lowest BCUT2D eigenvalue weighted by molar-refractivity contribution is -0.193. The number of allylic oxidation sites excluding steroid dienone is 1. The summed E-state index contributed by atoms with van der Waals surface area (Å²) in [5.41, 5.74) is 3.52. The smallest absolute Gasteiger partial charge is 0.490 e. The molecule has 1 amide bonds. The fourth-order valence-electron chi connectivity index (χ4n) is 5.93. The van der Waals surface area contributed by atoms with Gasteiger partial charge < -0.3 is 38.8 Å². The van der Waals surface area contributed by atoms with Crippen molar-refractivity contribution in [1.82, 2.24) is 19.3 Å². The summed E-state index contributed by atoms with van der Waals surface area (Å²) >= 11 is 0. The number of carbonyl (C=O) groups is 4. The zero-order chi connectivity index (χ0) is 42.3. The molecule has 1 saturated heterocycles. The number of piperazine rings is 1. The van der Waals surface area contributed by atoms with Crippen LogP contribution in [0.15, 0.2) is 42.2 Å². The number of carboxylic acids is 2. The fraction of sp³-hybridized carbons (Fsp3) is 0.459. The topological polar surface area (TPSA) is 151 Å². The Bertz CT molecular complexity index is 1900. The van der Waals surface area contributed by atoms with E-state index in [1.807, 2.05) is 45.9 Å². The number of benzene rings is 2. The molecule has 0 saturated carbocycles. The van der Waals surface area contributed by atoms with Crippen molar-refractivity contribution in [3.05, 3.63) is 59.0 Å². The van der Waals surface area contributed by atoms with Gasteiger partial charge in [0.2, 0.25) is 5.78 Å². The number of aliphatic carboxylic acids is 2. The molecule has 308 valence electrons. The highest BCUT2D eigenvalue weighted by molar-refractivity contribution is 6.15. The Hall–Kier alpha value is -5.30. The number of nitrogens with zero attached hydrogens (tertiary/aromatic N) is 4. The number of fused-ring (bicyclic) bond motifs is 2. The molecule has 2 N–H and O–H groups in total. The first-order chi connectivity index (χ1) is 26.0. The third kappa shape index (κ3) is 11.6. The number of amides is 1. The van der Waals surface area contributed by atoms with Crippen molar-refractivity contribution in [1.29, 1.82) is 0 Å². The summed E-state index contributed by atoms with van der Waals surface area (Å²) in [7, 11) is 3.82. The van der Waals surface area contributed by atoms with Gasteiger partial charge >= 0.3 is 30.4 Å². The number of likely N-dealkylation sites (N-methyl/N-ethyl adjacent to an activating group) is 1. The number of rotatable bonds is 8. The monoisotopic (exact) mass is 802 g/mol. The molecule has 1 aromatic heterocycles. The summed E-state index contributed by atoms with van der Waals surface area (Å²) in [6.45, 7) is 15.9. The summed E-state index contributed by atoms with van der Waals surface area (Å²) in [6, 6.07) is 11.0. The van der Waals surface area contributed by atoms with Crippen LogP contribution in [0.1, 0.15) is 49.3 Å². The number of carboxylic acid groups (broad SMARTS) is 2. The van der Waals surface area contributed by atoms with Crippen LogP contribution in [-0.2, 0) is 16.1 Å². The molecule has 19 heteroatoms. The summed E-state index contributed by atoms with van der Waals surface area (Å²) < 4.78 is 83.1.